The highest BCUT2D eigenvalue weighted by atomic mass is 35.5. The lowest BCUT2D eigenvalue weighted by Gasteiger charge is -2.13. The lowest BCUT2D eigenvalue weighted by atomic mass is 10.2. The van der Waals surface area contributed by atoms with Crippen molar-refractivity contribution in [3.8, 4) is 5.69 Å². The fraction of sp³-hybridized carbons (Fsp3) is 0.158. The Balaban J connectivity index is 1.97. The van der Waals surface area contributed by atoms with Crippen LogP contribution in [0.2, 0.25) is 5.02 Å². The van der Waals surface area contributed by atoms with Crippen molar-refractivity contribution in [3.05, 3.63) is 63.9 Å². The molecule has 0 fully saturated rings. The molecule has 28 heavy (non-hydrogen) atoms. The minimum Gasteiger partial charge on any atom is -0.338 e. The van der Waals surface area contributed by atoms with E-state index in [9.17, 15) is 14.4 Å². The molecule has 0 spiro atoms. The molecule has 0 aliphatic carbocycles. The minimum atomic E-state index is -0.560. The predicted molar refractivity (Wildman–Crippen MR) is 110 cm³/mol. The summed E-state index contributed by atoms with van der Waals surface area (Å²) in [4.78, 5) is 41.1. The molecule has 3 amide bonds. The molecule has 1 aromatic heterocycles. The summed E-state index contributed by atoms with van der Waals surface area (Å²) < 4.78 is 1.43. The van der Waals surface area contributed by atoms with E-state index < -0.39 is 11.9 Å². The lowest BCUT2D eigenvalue weighted by Crippen LogP contribution is -2.40. The standard InChI is InChI=1S/C19H17ClN4O3S/c1-2-21-18(27)23-16(25)11-28-19-22-15-6-4-3-5-14(15)17(26)24(19)13-9-7-12(20)8-10-13/h3-10H,2,11H2,1H3,(H2,21,23,25,27). The van der Waals surface area contributed by atoms with Gasteiger partial charge in [0.1, 0.15) is 0 Å². The van der Waals surface area contributed by atoms with Crippen LogP contribution in [-0.2, 0) is 4.79 Å². The predicted octanol–water partition coefficient (Wildman–Crippen LogP) is 2.98. The van der Waals surface area contributed by atoms with Crippen LogP contribution in [0.15, 0.2) is 58.5 Å². The molecular weight excluding hydrogens is 400 g/mol. The second-order valence-electron chi connectivity index (χ2n) is 5.72. The Morgan fingerprint density at radius 1 is 1.14 bits per heavy atom. The van der Waals surface area contributed by atoms with Crippen LogP contribution in [0.3, 0.4) is 0 Å². The quantitative estimate of drug-likeness (QED) is 0.492. The second kappa shape index (κ2) is 8.90. The summed E-state index contributed by atoms with van der Waals surface area (Å²) in [5, 5.41) is 6.07. The largest absolute Gasteiger partial charge is 0.338 e. The number of aromatic nitrogens is 2. The minimum absolute atomic E-state index is 0.0739. The van der Waals surface area contributed by atoms with Crippen LogP contribution < -0.4 is 16.2 Å². The molecule has 0 bridgehead atoms. The molecule has 144 valence electrons. The molecule has 0 saturated heterocycles. The molecule has 0 atom stereocenters. The number of hydrogen-bond donors (Lipinski definition) is 2. The van der Waals surface area contributed by atoms with Crippen molar-refractivity contribution in [1.29, 1.82) is 0 Å². The number of rotatable bonds is 5. The molecule has 0 unspecified atom stereocenters. The summed E-state index contributed by atoms with van der Waals surface area (Å²) >= 11 is 7.02. The first-order valence-corrected chi connectivity index (χ1v) is 9.84. The number of nitrogens with zero attached hydrogens (tertiary/aromatic N) is 2. The van der Waals surface area contributed by atoms with Crippen molar-refractivity contribution in [3.63, 3.8) is 0 Å². The summed E-state index contributed by atoms with van der Waals surface area (Å²) in [5.74, 6) is -0.559. The van der Waals surface area contributed by atoms with Crippen molar-refractivity contribution in [2.24, 2.45) is 0 Å². The molecule has 9 heteroatoms. The normalized spacial score (nSPS) is 10.6. The zero-order chi connectivity index (χ0) is 20.1. The number of halogens is 1. The maximum absolute atomic E-state index is 13.1. The lowest BCUT2D eigenvalue weighted by molar-refractivity contribution is -0.117. The van der Waals surface area contributed by atoms with Gasteiger partial charge in [-0.3, -0.25) is 19.5 Å². The van der Waals surface area contributed by atoms with Crippen molar-refractivity contribution in [2.75, 3.05) is 12.3 Å². The number of hydrogen-bond acceptors (Lipinski definition) is 5. The topological polar surface area (TPSA) is 93.1 Å². The SMILES string of the molecule is CCNC(=O)NC(=O)CSc1nc2ccccc2c(=O)n1-c1ccc(Cl)cc1. The summed E-state index contributed by atoms with van der Waals surface area (Å²) in [6.45, 7) is 2.16. The molecule has 0 aliphatic heterocycles. The first kappa shape index (κ1) is 19.9. The van der Waals surface area contributed by atoms with Gasteiger partial charge in [0.05, 0.1) is 22.3 Å². The number of thioether (sulfide) groups is 1. The van der Waals surface area contributed by atoms with Gasteiger partial charge in [0, 0.05) is 11.6 Å². The van der Waals surface area contributed by atoms with E-state index in [0.717, 1.165) is 11.8 Å². The van der Waals surface area contributed by atoms with Gasteiger partial charge in [-0.15, -0.1) is 0 Å². The maximum Gasteiger partial charge on any atom is 0.321 e. The molecule has 1 heterocycles. The summed E-state index contributed by atoms with van der Waals surface area (Å²) in [6.07, 6.45) is 0. The highest BCUT2D eigenvalue weighted by Crippen LogP contribution is 2.22. The smallest absolute Gasteiger partial charge is 0.321 e. The summed E-state index contributed by atoms with van der Waals surface area (Å²) in [6, 6.07) is 13.2. The Hall–Kier alpha value is -2.84. The van der Waals surface area contributed by atoms with Crippen molar-refractivity contribution < 1.29 is 9.59 Å². The van der Waals surface area contributed by atoms with Crippen LogP contribution in [0.4, 0.5) is 4.79 Å². The molecule has 0 radical (unpaired) electrons. The average Bonchev–Trinajstić information content (AvgIpc) is 2.68. The third kappa shape index (κ3) is 4.52. The van der Waals surface area contributed by atoms with Gasteiger partial charge in [0.25, 0.3) is 5.56 Å². The molecule has 0 aliphatic rings. The van der Waals surface area contributed by atoms with Gasteiger partial charge in [-0.25, -0.2) is 9.78 Å². The van der Waals surface area contributed by atoms with E-state index in [2.05, 4.69) is 15.6 Å². The van der Waals surface area contributed by atoms with Gasteiger partial charge in [-0.05, 0) is 43.3 Å². The van der Waals surface area contributed by atoms with E-state index in [4.69, 9.17) is 11.6 Å². The number of urea groups is 1. The van der Waals surface area contributed by atoms with E-state index in [1.165, 1.54) is 4.57 Å². The zero-order valence-electron chi connectivity index (χ0n) is 14.9. The monoisotopic (exact) mass is 416 g/mol. The second-order valence-corrected chi connectivity index (χ2v) is 7.10. The number of carbonyl (C=O) groups excluding carboxylic acids is 2. The van der Waals surface area contributed by atoms with Gasteiger partial charge in [-0.1, -0.05) is 35.5 Å². The van der Waals surface area contributed by atoms with E-state index >= 15 is 0 Å². The van der Waals surface area contributed by atoms with Gasteiger partial charge in [0.2, 0.25) is 5.91 Å². The number of fused-ring (bicyclic) bond motifs is 1. The van der Waals surface area contributed by atoms with Gasteiger partial charge in [0.15, 0.2) is 5.16 Å². The molecule has 0 saturated carbocycles. The number of imide groups is 1. The number of benzene rings is 2. The third-order valence-corrected chi connectivity index (χ3v) is 4.94. The highest BCUT2D eigenvalue weighted by Gasteiger charge is 2.15. The Morgan fingerprint density at radius 2 is 1.86 bits per heavy atom. The van der Waals surface area contributed by atoms with Gasteiger partial charge in [-0.2, -0.15) is 0 Å². The van der Waals surface area contributed by atoms with Gasteiger partial charge >= 0.3 is 6.03 Å². The van der Waals surface area contributed by atoms with Crippen LogP contribution in [0, 0.1) is 0 Å². The molecule has 3 rings (SSSR count). The molecule has 2 aromatic carbocycles. The number of para-hydroxylation sites is 1. The number of carbonyl (C=O) groups is 2. The molecular formula is C19H17ClN4O3S. The number of nitrogens with one attached hydrogen (secondary N) is 2. The number of amides is 3. The first-order chi connectivity index (χ1) is 13.5. The third-order valence-electron chi connectivity index (χ3n) is 3.75. The van der Waals surface area contributed by atoms with Crippen LogP contribution in [0.5, 0.6) is 0 Å². The average molecular weight is 417 g/mol. The van der Waals surface area contributed by atoms with Crippen LogP contribution in [0.25, 0.3) is 16.6 Å². The zero-order valence-corrected chi connectivity index (χ0v) is 16.5. The fourth-order valence-electron chi connectivity index (χ4n) is 2.52. The Labute approximate surface area is 170 Å². The first-order valence-electron chi connectivity index (χ1n) is 8.48. The Morgan fingerprint density at radius 3 is 2.57 bits per heavy atom. The highest BCUT2D eigenvalue weighted by molar-refractivity contribution is 7.99. The van der Waals surface area contributed by atoms with Crippen LogP contribution >= 0.6 is 23.4 Å². The molecule has 2 N–H and O–H groups in total. The maximum atomic E-state index is 13.1. The van der Waals surface area contributed by atoms with E-state index in [1.54, 1.807) is 55.5 Å². The Kier molecular flexibility index (Phi) is 6.33. The van der Waals surface area contributed by atoms with Crippen molar-refractivity contribution >= 4 is 46.2 Å². The van der Waals surface area contributed by atoms with Crippen molar-refractivity contribution in [1.82, 2.24) is 20.2 Å². The van der Waals surface area contributed by atoms with E-state index in [1.807, 2.05) is 0 Å². The Bertz CT molecular complexity index is 1080. The van der Waals surface area contributed by atoms with E-state index in [-0.39, 0.29) is 11.3 Å². The summed E-state index contributed by atoms with van der Waals surface area (Å²) in [5.41, 5.74) is 0.864. The van der Waals surface area contributed by atoms with Crippen molar-refractivity contribution in [2.45, 2.75) is 12.1 Å². The van der Waals surface area contributed by atoms with Crippen LogP contribution in [-0.4, -0.2) is 33.8 Å². The summed E-state index contributed by atoms with van der Waals surface area (Å²) in [7, 11) is 0. The van der Waals surface area contributed by atoms with E-state index in [0.29, 0.717) is 33.3 Å². The fourth-order valence-corrected chi connectivity index (χ4v) is 3.46. The molecule has 7 nitrogen and oxygen atoms in total. The van der Waals surface area contributed by atoms with Crippen LogP contribution in [0.1, 0.15) is 6.92 Å². The van der Waals surface area contributed by atoms with Gasteiger partial charge < -0.3 is 5.32 Å². The molecule has 3 aromatic rings.